The summed E-state index contributed by atoms with van der Waals surface area (Å²) in [4.78, 5) is 19.7. The van der Waals surface area contributed by atoms with Crippen LogP contribution < -0.4 is 9.03 Å². The zero-order chi connectivity index (χ0) is 21.8. The van der Waals surface area contributed by atoms with Gasteiger partial charge in [0.25, 0.3) is 0 Å². The number of carbonyl (C=O) groups excluding carboxylic acids is 1. The van der Waals surface area contributed by atoms with Crippen LogP contribution >= 0.6 is 0 Å². The van der Waals surface area contributed by atoms with Crippen molar-refractivity contribution in [3.8, 4) is 11.8 Å². The Morgan fingerprint density at radius 2 is 1.94 bits per heavy atom. The number of rotatable bonds is 4. The molecule has 2 aromatic heterocycles. The summed E-state index contributed by atoms with van der Waals surface area (Å²) < 4.78 is 34.5. The topological polar surface area (TPSA) is 101 Å². The van der Waals surface area contributed by atoms with Gasteiger partial charge < -0.3 is 4.74 Å². The van der Waals surface area contributed by atoms with Gasteiger partial charge in [0.15, 0.2) is 0 Å². The van der Waals surface area contributed by atoms with Crippen LogP contribution in [-0.2, 0) is 21.4 Å². The zero-order valence-corrected chi connectivity index (χ0v) is 17.4. The lowest BCUT2D eigenvalue weighted by Crippen LogP contribution is -2.35. The molecule has 3 heterocycles. The Kier molecular flexibility index (Phi) is 5.56. The van der Waals surface area contributed by atoms with Crippen molar-refractivity contribution in [2.24, 2.45) is 0 Å². The predicted molar refractivity (Wildman–Crippen MR) is 116 cm³/mol. The normalized spacial score (nSPS) is 12.5. The molecule has 1 aliphatic heterocycles. The van der Waals surface area contributed by atoms with Crippen molar-refractivity contribution in [1.29, 1.82) is 0 Å². The number of methoxy groups -OCH3 is 1. The van der Waals surface area contributed by atoms with Gasteiger partial charge in [-0.15, -0.1) is 0 Å². The molecule has 31 heavy (non-hydrogen) atoms. The van der Waals surface area contributed by atoms with Crippen molar-refractivity contribution in [1.82, 2.24) is 9.97 Å². The molecular weight excluding hydrogens is 416 g/mol. The van der Waals surface area contributed by atoms with Crippen molar-refractivity contribution < 1.29 is 17.9 Å². The molecule has 9 heteroatoms. The van der Waals surface area contributed by atoms with Gasteiger partial charge in [-0.1, -0.05) is 30.0 Å². The van der Waals surface area contributed by atoms with Crippen molar-refractivity contribution in [3.05, 3.63) is 83.3 Å². The molecule has 0 spiro atoms. The fourth-order valence-electron chi connectivity index (χ4n) is 3.12. The summed E-state index contributed by atoms with van der Waals surface area (Å²) in [7, 11) is -2.58. The summed E-state index contributed by atoms with van der Waals surface area (Å²) in [5.74, 6) is 5.80. The molecule has 0 unspecified atom stereocenters. The highest BCUT2D eigenvalue weighted by atomic mass is 32.2. The molecule has 156 valence electrons. The fourth-order valence-corrected chi connectivity index (χ4v) is 4.41. The van der Waals surface area contributed by atoms with Crippen LogP contribution in [0.3, 0.4) is 0 Å². The first-order valence-electron chi connectivity index (χ1n) is 9.38. The highest BCUT2D eigenvalue weighted by Gasteiger charge is 2.30. The fraction of sp³-hybridized carbons (Fsp3) is 0.136. The molecule has 0 fully saturated rings. The summed E-state index contributed by atoms with van der Waals surface area (Å²) in [6.07, 6.45) is 3.64. The molecule has 8 nitrogen and oxygen atoms in total. The van der Waals surface area contributed by atoms with Crippen LogP contribution in [0.5, 0.6) is 0 Å². The van der Waals surface area contributed by atoms with E-state index in [1.54, 1.807) is 42.6 Å². The van der Waals surface area contributed by atoms with Crippen LogP contribution in [0, 0.1) is 11.8 Å². The number of carbonyl (C=O) groups is 1. The lowest BCUT2D eigenvalue weighted by molar-refractivity contribution is 0.0594. The van der Waals surface area contributed by atoms with Crippen molar-refractivity contribution in [2.75, 3.05) is 22.7 Å². The van der Waals surface area contributed by atoms with E-state index >= 15 is 0 Å². The van der Waals surface area contributed by atoms with Crippen LogP contribution in [0.1, 0.15) is 27.2 Å². The second-order valence-electron chi connectivity index (χ2n) is 6.63. The van der Waals surface area contributed by atoms with Crippen molar-refractivity contribution in [3.63, 3.8) is 0 Å². The number of nitrogens with one attached hydrogen (secondary N) is 1. The van der Waals surface area contributed by atoms with Gasteiger partial charge in [-0.2, -0.15) is 8.42 Å². The van der Waals surface area contributed by atoms with E-state index in [1.165, 1.54) is 23.7 Å². The molecule has 0 atom stereocenters. The second-order valence-corrected chi connectivity index (χ2v) is 8.23. The standard InChI is InChI=1S/C22H18N4O4S/c1-30-22(27)20-11-9-16(15-24-20)8-10-17-5-2-3-7-19(17)25-31(28,29)26-14-12-18-6-4-13-23-21(18)26/h2-7,9,11,13,15,25H,12,14H2,1H3. The third-order valence-electron chi connectivity index (χ3n) is 4.64. The molecule has 3 aromatic rings. The van der Waals surface area contributed by atoms with Gasteiger partial charge in [-0.3, -0.25) is 4.72 Å². The molecule has 0 radical (unpaired) electrons. The number of para-hydroxylation sites is 1. The Hall–Kier alpha value is -3.90. The minimum Gasteiger partial charge on any atom is -0.464 e. The van der Waals surface area contributed by atoms with Gasteiger partial charge in [0, 0.05) is 30.1 Å². The molecule has 1 aliphatic rings. The number of nitrogens with zero attached hydrogens (tertiary/aromatic N) is 3. The van der Waals surface area contributed by atoms with E-state index in [0.29, 0.717) is 35.6 Å². The van der Waals surface area contributed by atoms with Crippen molar-refractivity contribution >= 4 is 27.7 Å². The summed E-state index contributed by atoms with van der Waals surface area (Å²) in [5, 5.41) is 0. The Bertz CT molecular complexity index is 1290. The van der Waals surface area contributed by atoms with Crippen LogP contribution in [0.4, 0.5) is 11.5 Å². The van der Waals surface area contributed by atoms with Crippen molar-refractivity contribution in [2.45, 2.75) is 6.42 Å². The summed E-state index contributed by atoms with van der Waals surface area (Å²) in [6.45, 7) is 0.327. The lowest BCUT2D eigenvalue weighted by Gasteiger charge is -2.20. The number of pyridine rings is 2. The molecule has 0 bridgehead atoms. The largest absolute Gasteiger partial charge is 0.464 e. The monoisotopic (exact) mass is 434 g/mol. The number of anilines is 2. The molecule has 1 aromatic carbocycles. The van der Waals surface area contributed by atoms with E-state index in [9.17, 15) is 13.2 Å². The van der Waals surface area contributed by atoms with E-state index in [0.717, 1.165) is 5.56 Å². The Balaban J connectivity index is 1.58. The van der Waals surface area contributed by atoms with E-state index < -0.39 is 16.2 Å². The van der Waals surface area contributed by atoms with E-state index in [1.807, 2.05) is 6.07 Å². The van der Waals surface area contributed by atoms with Crippen LogP contribution in [0.25, 0.3) is 0 Å². The molecule has 1 N–H and O–H groups in total. The molecule has 0 aliphatic carbocycles. The van der Waals surface area contributed by atoms with Gasteiger partial charge in [0.1, 0.15) is 11.5 Å². The summed E-state index contributed by atoms with van der Waals surface area (Å²) >= 11 is 0. The molecule has 0 saturated carbocycles. The SMILES string of the molecule is COC(=O)c1ccc(C#Cc2ccccc2NS(=O)(=O)N2CCc3cccnc32)cn1. The average molecular weight is 434 g/mol. The first kappa shape index (κ1) is 20.4. The van der Waals surface area contributed by atoms with Gasteiger partial charge in [-0.05, 0) is 42.3 Å². The Labute approximate surface area is 180 Å². The quantitative estimate of drug-likeness (QED) is 0.500. The van der Waals surface area contributed by atoms with Gasteiger partial charge in [0.2, 0.25) is 0 Å². The summed E-state index contributed by atoms with van der Waals surface area (Å²) in [6, 6.07) is 13.7. The molecular formula is C22H18N4O4S. The van der Waals surface area contributed by atoms with E-state index in [2.05, 4.69) is 31.3 Å². The minimum absolute atomic E-state index is 0.181. The maximum Gasteiger partial charge on any atom is 0.356 e. The third kappa shape index (κ3) is 4.34. The highest BCUT2D eigenvalue weighted by molar-refractivity contribution is 7.94. The first-order chi connectivity index (χ1) is 15.0. The molecule has 0 amide bonds. The van der Waals surface area contributed by atoms with E-state index in [4.69, 9.17) is 0 Å². The van der Waals surface area contributed by atoms with Crippen LogP contribution in [0.2, 0.25) is 0 Å². The number of benzene rings is 1. The first-order valence-corrected chi connectivity index (χ1v) is 10.8. The Morgan fingerprint density at radius 3 is 2.71 bits per heavy atom. The number of hydrogen-bond acceptors (Lipinski definition) is 6. The second kappa shape index (κ2) is 8.45. The maximum atomic E-state index is 13.0. The number of ether oxygens (including phenoxy) is 1. The van der Waals surface area contributed by atoms with Crippen LogP contribution in [0.15, 0.2) is 60.9 Å². The van der Waals surface area contributed by atoms with Gasteiger partial charge in [-0.25, -0.2) is 19.1 Å². The number of hydrogen-bond donors (Lipinski definition) is 1. The predicted octanol–water partition coefficient (Wildman–Crippen LogP) is 2.38. The number of aromatic nitrogens is 2. The minimum atomic E-state index is -3.86. The maximum absolute atomic E-state index is 13.0. The molecule has 0 saturated heterocycles. The zero-order valence-electron chi connectivity index (χ0n) is 16.6. The van der Waals surface area contributed by atoms with Gasteiger partial charge in [0.05, 0.1) is 12.8 Å². The smallest absolute Gasteiger partial charge is 0.356 e. The number of esters is 1. The van der Waals surface area contributed by atoms with E-state index in [-0.39, 0.29) is 5.69 Å². The molecule has 4 rings (SSSR count). The number of fused-ring (bicyclic) bond motifs is 1. The summed E-state index contributed by atoms with van der Waals surface area (Å²) in [5.41, 5.74) is 2.51. The lowest BCUT2D eigenvalue weighted by atomic mass is 10.1. The Morgan fingerprint density at radius 1 is 1.10 bits per heavy atom. The highest BCUT2D eigenvalue weighted by Crippen LogP contribution is 2.28. The third-order valence-corrected chi connectivity index (χ3v) is 6.06. The van der Waals surface area contributed by atoms with Crippen LogP contribution in [-0.4, -0.2) is 38.0 Å². The van der Waals surface area contributed by atoms with Gasteiger partial charge >= 0.3 is 16.2 Å². The average Bonchev–Trinajstić information content (AvgIpc) is 3.23.